The minimum absolute atomic E-state index is 0.0167. The van der Waals surface area contributed by atoms with Crippen LogP contribution in [-0.4, -0.2) is 57.2 Å². The SMILES string of the molecule is C=O.CC(C)(C)N1N=C(C2CCC(N)CC2)CC1Nc1nccc2c1CCS2.CC(C)O. The summed E-state index contributed by atoms with van der Waals surface area (Å²) in [5.41, 5.74) is 8.82. The molecule has 7 nitrogen and oxygen atoms in total. The second-order valence-corrected chi connectivity index (χ2v) is 11.0. The predicted octanol–water partition coefficient (Wildman–Crippen LogP) is 4.05. The van der Waals surface area contributed by atoms with Crippen molar-refractivity contribution in [2.24, 2.45) is 16.8 Å². The molecule has 0 bridgehead atoms. The summed E-state index contributed by atoms with van der Waals surface area (Å²) < 4.78 is 0. The Morgan fingerprint density at radius 1 is 1.25 bits per heavy atom. The zero-order chi connectivity index (χ0) is 23.9. The topological polar surface area (TPSA) is 104 Å². The van der Waals surface area contributed by atoms with Gasteiger partial charge in [-0.3, -0.25) is 5.01 Å². The molecule has 1 aromatic heterocycles. The molecule has 8 heteroatoms. The quantitative estimate of drug-likeness (QED) is 0.621. The van der Waals surface area contributed by atoms with E-state index in [4.69, 9.17) is 20.7 Å². The fourth-order valence-electron chi connectivity index (χ4n) is 4.36. The molecule has 4 rings (SSSR count). The monoisotopic (exact) mass is 463 g/mol. The van der Waals surface area contributed by atoms with Gasteiger partial charge in [-0.05, 0) is 78.7 Å². The van der Waals surface area contributed by atoms with E-state index in [2.05, 4.69) is 42.1 Å². The largest absolute Gasteiger partial charge is 0.394 e. The van der Waals surface area contributed by atoms with Crippen LogP contribution in [0.3, 0.4) is 0 Å². The smallest absolute Gasteiger partial charge is 0.131 e. The number of aliphatic hydroxyl groups is 1. The van der Waals surface area contributed by atoms with Crippen molar-refractivity contribution < 1.29 is 9.90 Å². The summed E-state index contributed by atoms with van der Waals surface area (Å²) in [6.07, 6.45) is 8.65. The van der Waals surface area contributed by atoms with Crippen LogP contribution in [0.4, 0.5) is 5.82 Å². The van der Waals surface area contributed by atoms with Crippen LogP contribution in [0.2, 0.25) is 0 Å². The number of anilines is 1. The summed E-state index contributed by atoms with van der Waals surface area (Å²) in [7, 11) is 0. The van der Waals surface area contributed by atoms with Crippen molar-refractivity contribution in [3.8, 4) is 0 Å². The first-order valence-electron chi connectivity index (χ1n) is 11.6. The van der Waals surface area contributed by atoms with Crippen molar-refractivity contribution in [3.05, 3.63) is 17.8 Å². The van der Waals surface area contributed by atoms with Crippen LogP contribution >= 0.6 is 11.8 Å². The lowest BCUT2D eigenvalue weighted by atomic mass is 9.82. The number of carbonyl (C=O) groups excluding carboxylic acids is 1. The van der Waals surface area contributed by atoms with Crippen molar-refractivity contribution in [1.82, 2.24) is 9.99 Å². The van der Waals surface area contributed by atoms with Gasteiger partial charge >= 0.3 is 0 Å². The third-order valence-corrected chi connectivity index (χ3v) is 6.89. The Morgan fingerprint density at radius 2 is 1.88 bits per heavy atom. The van der Waals surface area contributed by atoms with Crippen LogP contribution in [0.5, 0.6) is 0 Å². The van der Waals surface area contributed by atoms with E-state index in [9.17, 15) is 0 Å². The number of hydrogen-bond donors (Lipinski definition) is 3. The normalized spacial score (nSPS) is 24.7. The number of pyridine rings is 1. The minimum atomic E-state index is -0.167. The van der Waals surface area contributed by atoms with Gasteiger partial charge < -0.3 is 21.0 Å². The Kier molecular flexibility index (Phi) is 9.98. The fraction of sp³-hybridized carbons (Fsp3) is 0.708. The predicted molar refractivity (Wildman–Crippen MR) is 134 cm³/mol. The summed E-state index contributed by atoms with van der Waals surface area (Å²) in [4.78, 5) is 14.0. The maximum Gasteiger partial charge on any atom is 0.131 e. The molecule has 4 N–H and O–H groups in total. The van der Waals surface area contributed by atoms with Crippen LogP contribution in [0.15, 0.2) is 22.3 Å². The lowest BCUT2D eigenvalue weighted by molar-refractivity contribution is -0.0980. The number of nitrogens with zero attached hydrogens (tertiary/aromatic N) is 3. The molecule has 1 saturated carbocycles. The van der Waals surface area contributed by atoms with E-state index < -0.39 is 0 Å². The van der Waals surface area contributed by atoms with Gasteiger partial charge in [-0.2, -0.15) is 5.10 Å². The van der Waals surface area contributed by atoms with Gasteiger partial charge in [-0.25, -0.2) is 4.98 Å². The molecule has 3 aliphatic rings. The number of hydrogen-bond acceptors (Lipinski definition) is 8. The first kappa shape index (κ1) is 26.6. The van der Waals surface area contributed by atoms with E-state index in [1.54, 1.807) is 13.8 Å². The van der Waals surface area contributed by atoms with E-state index in [0.717, 1.165) is 37.3 Å². The highest BCUT2D eigenvalue weighted by Crippen LogP contribution is 2.37. The fourth-order valence-corrected chi connectivity index (χ4v) is 5.42. The van der Waals surface area contributed by atoms with Crippen LogP contribution in [0, 0.1) is 5.92 Å². The summed E-state index contributed by atoms with van der Waals surface area (Å²) in [5, 5.41) is 19.2. The number of rotatable bonds is 3. The van der Waals surface area contributed by atoms with Crippen molar-refractivity contribution in [3.63, 3.8) is 0 Å². The van der Waals surface area contributed by atoms with Crippen molar-refractivity contribution >= 4 is 30.1 Å². The molecular weight excluding hydrogens is 422 g/mol. The summed E-state index contributed by atoms with van der Waals surface area (Å²) in [6.45, 7) is 12.2. The molecule has 0 aromatic carbocycles. The van der Waals surface area contributed by atoms with E-state index in [-0.39, 0.29) is 17.8 Å². The average molecular weight is 464 g/mol. The molecule has 0 spiro atoms. The van der Waals surface area contributed by atoms with Gasteiger partial charge in [-0.15, -0.1) is 11.8 Å². The van der Waals surface area contributed by atoms with Crippen molar-refractivity contribution in [2.45, 2.75) is 102 Å². The number of hydrazone groups is 1. The van der Waals surface area contributed by atoms with Gasteiger partial charge in [-0.1, -0.05) is 0 Å². The van der Waals surface area contributed by atoms with Gasteiger partial charge in [0, 0.05) is 46.7 Å². The Hall–Kier alpha value is -1.64. The Morgan fingerprint density at radius 3 is 2.47 bits per heavy atom. The highest BCUT2D eigenvalue weighted by Gasteiger charge is 2.38. The number of nitrogens with one attached hydrogen (secondary N) is 1. The maximum absolute atomic E-state index is 8.06. The van der Waals surface area contributed by atoms with Crippen LogP contribution in [0.25, 0.3) is 0 Å². The molecule has 1 fully saturated rings. The minimum Gasteiger partial charge on any atom is -0.394 e. The zero-order valence-electron chi connectivity index (χ0n) is 20.3. The molecule has 32 heavy (non-hydrogen) atoms. The zero-order valence-corrected chi connectivity index (χ0v) is 21.1. The van der Waals surface area contributed by atoms with Gasteiger partial charge in [0.15, 0.2) is 0 Å². The van der Waals surface area contributed by atoms with Gasteiger partial charge in [0.2, 0.25) is 0 Å². The van der Waals surface area contributed by atoms with Crippen molar-refractivity contribution in [1.29, 1.82) is 0 Å². The molecule has 0 saturated heterocycles. The molecule has 180 valence electrons. The molecule has 0 amide bonds. The Bertz CT molecular complexity index is 754. The number of nitrogens with two attached hydrogens (primary N) is 1. The Labute approximate surface area is 197 Å². The molecule has 1 aromatic rings. The van der Waals surface area contributed by atoms with E-state index in [1.165, 1.54) is 29.0 Å². The molecule has 1 atom stereocenters. The maximum atomic E-state index is 8.06. The number of aliphatic hydroxyl groups excluding tert-OH is 1. The lowest BCUT2D eigenvalue weighted by Crippen LogP contribution is -2.45. The van der Waals surface area contributed by atoms with Crippen LogP contribution in [0.1, 0.15) is 72.3 Å². The van der Waals surface area contributed by atoms with E-state index in [1.807, 2.05) is 24.7 Å². The third kappa shape index (κ3) is 7.18. The number of fused-ring (bicyclic) bond motifs is 1. The molecular formula is C24H41N5O2S. The van der Waals surface area contributed by atoms with Crippen LogP contribution < -0.4 is 11.1 Å². The highest BCUT2D eigenvalue weighted by molar-refractivity contribution is 7.99. The molecule has 0 radical (unpaired) electrons. The summed E-state index contributed by atoms with van der Waals surface area (Å²) in [6, 6.07) is 2.52. The number of thioether (sulfide) groups is 1. The highest BCUT2D eigenvalue weighted by atomic mass is 32.2. The summed E-state index contributed by atoms with van der Waals surface area (Å²) >= 11 is 1.94. The van der Waals surface area contributed by atoms with Gasteiger partial charge in [0.1, 0.15) is 18.8 Å². The molecule has 3 heterocycles. The van der Waals surface area contributed by atoms with E-state index in [0.29, 0.717) is 12.0 Å². The second kappa shape index (κ2) is 12.0. The third-order valence-electron chi connectivity index (χ3n) is 5.79. The average Bonchev–Trinajstić information content (AvgIpc) is 3.37. The van der Waals surface area contributed by atoms with Gasteiger partial charge in [0.25, 0.3) is 0 Å². The number of carbonyl (C=O) groups is 1. The van der Waals surface area contributed by atoms with Crippen LogP contribution in [-0.2, 0) is 11.2 Å². The van der Waals surface area contributed by atoms with Crippen molar-refractivity contribution in [2.75, 3.05) is 11.1 Å². The standard InChI is InChI=1S/C20H31N5S.C3H8O.CH2O/c1-20(2,3)25-18(12-16(24-25)13-4-6-14(21)7-5-13)23-19-15-9-11-26-17(15)8-10-22-19;1-3(2)4;1-2/h8,10,13-14,18H,4-7,9,11-12,21H2,1-3H3,(H,22,23);3-4H,1-2H3;1H2. The van der Waals surface area contributed by atoms with E-state index >= 15 is 0 Å². The molecule has 1 aliphatic carbocycles. The number of aromatic nitrogens is 1. The second-order valence-electron chi connectivity index (χ2n) is 9.91. The molecule has 1 unspecified atom stereocenters. The first-order chi connectivity index (χ1) is 15.1. The lowest BCUT2D eigenvalue weighted by Gasteiger charge is -2.36. The Balaban J connectivity index is 0.000000547. The summed E-state index contributed by atoms with van der Waals surface area (Å²) in [5.74, 6) is 2.80. The first-order valence-corrected chi connectivity index (χ1v) is 12.6. The van der Waals surface area contributed by atoms with Gasteiger partial charge in [0.05, 0.1) is 5.54 Å². The molecule has 2 aliphatic heterocycles.